The Kier molecular flexibility index (Phi) is 7.75. The van der Waals surface area contributed by atoms with Crippen LogP contribution in [0.15, 0.2) is 36.4 Å². The zero-order valence-electron chi connectivity index (χ0n) is 17.8. The average molecular weight is 433 g/mol. The highest BCUT2D eigenvalue weighted by Crippen LogP contribution is 2.43. The van der Waals surface area contributed by atoms with Gasteiger partial charge in [-0.3, -0.25) is 4.79 Å². The van der Waals surface area contributed by atoms with Crippen LogP contribution in [0, 0.1) is 24.5 Å². The highest BCUT2D eigenvalue weighted by atomic mass is 19.1. The third kappa shape index (κ3) is 5.29. The van der Waals surface area contributed by atoms with Gasteiger partial charge in [0.05, 0.1) is 5.60 Å². The third-order valence-corrected chi connectivity index (χ3v) is 6.04. The average Bonchev–Trinajstić information content (AvgIpc) is 2.78. The lowest BCUT2D eigenvalue weighted by molar-refractivity contribution is -0.123. The number of piperidine rings is 1. The lowest BCUT2D eigenvalue weighted by Crippen LogP contribution is -2.45. The van der Waals surface area contributed by atoms with Gasteiger partial charge in [-0.05, 0) is 62.9 Å². The first-order valence-electron chi connectivity index (χ1n) is 10.7. The van der Waals surface area contributed by atoms with Crippen LogP contribution < -0.4 is 10.6 Å². The first-order valence-corrected chi connectivity index (χ1v) is 10.7. The van der Waals surface area contributed by atoms with E-state index in [0.717, 1.165) is 24.9 Å². The number of hydrogen-bond acceptors (Lipinski definition) is 4. The molecule has 1 heterocycles. The topological polar surface area (TPSA) is 81.6 Å². The Morgan fingerprint density at radius 2 is 2.06 bits per heavy atom. The van der Waals surface area contributed by atoms with Gasteiger partial charge < -0.3 is 20.8 Å². The smallest absolute Gasteiger partial charge is 0.245 e. The van der Waals surface area contributed by atoms with Crippen molar-refractivity contribution in [1.82, 2.24) is 10.6 Å². The maximum absolute atomic E-state index is 15.1. The van der Waals surface area contributed by atoms with Gasteiger partial charge in [-0.2, -0.15) is 0 Å². The molecule has 7 heteroatoms. The van der Waals surface area contributed by atoms with Crippen molar-refractivity contribution in [3.05, 3.63) is 59.2 Å². The summed E-state index contributed by atoms with van der Waals surface area (Å²) >= 11 is 0. The minimum absolute atomic E-state index is 0.0798. The first kappa shape index (κ1) is 23.3. The monoisotopic (exact) mass is 432 g/mol. The lowest BCUT2D eigenvalue weighted by Gasteiger charge is -2.40. The summed E-state index contributed by atoms with van der Waals surface area (Å²) in [4.78, 5) is 11.3. The maximum atomic E-state index is 15.1. The number of halogens is 2. The van der Waals surface area contributed by atoms with E-state index in [9.17, 15) is 14.3 Å². The van der Waals surface area contributed by atoms with Crippen molar-refractivity contribution in [3.63, 3.8) is 0 Å². The molecular formula is C24H30F2N2O3. The molecule has 1 saturated heterocycles. The highest BCUT2D eigenvalue weighted by molar-refractivity contribution is 5.76. The van der Waals surface area contributed by atoms with Gasteiger partial charge in [0, 0.05) is 30.1 Å². The molecule has 1 amide bonds. The van der Waals surface area contributed by atoms with Gasteiger partial charge in [0.25, 0.3) is 0 Å². The molecular weight excluding hydrogens is 402 g/mol. The van der Waals surface area contributed by atoms with E-state index in [1.165, 1.54) is 18.2 Å². The molecule has 0 unspecified atom stereocenters. The van der Waals surface area contributed by atoms with Gasteiger partial charge in [-0.25, -0.2) is 8.78 Å². The Balaban J connectivity index is 2.03. The third-order valence-electron chi connectivity index (χ3n) is 6.04. The van der Waals surface area contributed by atoms with Crippen molar-refractivity contribution < 1.29 is 23.8 Å². The van der Waals surface area contributed by atoms with E-state index in [4.69, 9.17) is 5.11 Å². The zero-order chi connectivity index (χ0) is 22.4. The molecule has 0 spiro atoms. The number of aryl methyl sites for hydroxylation is 1. The van der Waals surface area contributed by atoms with Crippen molar-refractivity contribution in [3.8, 4) is 11.1 Å². The SMILES string of the molecule is Cc1ccc(F)c(-c2c(F)cccc2[C@](O)(CCCNC(=O)CO)[C@@H]2CCCNC2)c1. The quantitative estimate of drug-likeness (QED) is 0.484. The molecule has 2 aromatic rings. The number of nitrogens with one attached hydrogen (secondary N) is 2. The largest absolute Gasteiger partial charge is 0.387 e. The van der Waals surface area contributed by atoms with Gasteiger partial charge in [-0.1, -0.05) is 23.8 Å². The minimum atomic E-state index is -1.41. The number of benzene rings is 2. The van der Waals surface area contributed by atoms with Crippen LogP contribution in [0.1, 0.15) is 36.8 Å². The second kappa shape index (κ2) is 10.3. The molecule has 1 aliphatic rings. The Labute approximate surface area is 181 Å². The van der Waals surface area contributed by atoms with Crippen molar-refractivity contribution >= 4 is 5.91 Å². The van der Waals surface area contributed by atoms with Crippen LogP contribution in [0.5, 0.6) is 0 Å². The molecule has 2 atom stereocenters. The van der Waals surface area contributed by atoms with Crippen LogP contribution >= 0.6 is 0 Å². The van der Waals surface area contributed by atoms with E-state index in [-0.39, 0.29) is 30.0 Å². The summed E-state index contributed by atoms with van der Waals surface area (Å²) in [5.74, 6) is -1.81. The van der Waals surface area contributed by atoms with Crippen molar-refractivity contribution in [2.75, 3.05) is 26.2 Å². The van der Waals surface area contributed by atoms with Gasteiger partial charge >= 0.3 is 0 Å². The lowest BCUT2D eigenvalue weighted by atomic mass is 9.72. The van der Waals surface area contributed by atoms with Crippen molar-refractivity contribution in [1.29, 1.82) is 0 Å². The fraction of sp³-hybridized carbons (Fsp3) is 0.458. The normalized spacial score (nSPS) is 18.4. The number of aliphatic hydroxyl groups excluding tert-OH is 1. The zero-order valence-corrected chi connectivity index (χ0v) is 17.8. The summed E-state index contributed by atoms with van der Waals surface area (Å²) in [5, 5.41) is 26.7. The predicted octanol–water partition coefficient (Wildman–Crippen LogP) is 3.02. The van der Waals surface area contributed by atoms with Crippen LogP contribution in [0.2, 0.25) is 0 Å². The van der Waals surface area contributed by atoms with E-state index >= 15 is 4.39 Å². The summed E-state index contributed by atoms with van der Waals surface area (Å²) in [7, 11) is 0. The van der Waals surface area contributed by atoms with E-state index in [0.29, 0.717) is 18.5 Å². The molecule has 1 aliphatic heterocycles. The number of amides is 1. The van der Waals surface area contributed by atoms with Gasteiger partial charge in [0.15, 0.2) is 0 Å². The number of carbonyl (C=O) groups excluding carboxylic acids is 1. The van der Waals surface area contributed by atoms with Gasteiger partial charge in [0.2, 0.25) is 5.91 Å². The molecule has 0 saturated carbocycles. The Morgan fingerprint density at radius 3 is 2.77 bits per heavy atom. The van der Waals surface area contributed by atoms with Crippen LogP contribution in [-0.4, -0.2) is 42.4 Å². The molecule has 4 N–H and O–H groups in total. The van der Waals surface area contributed by atoms with E-state index in [2.05, 4.69) is 10.6 Å². The Morgan fingerprint density at radius 1 is 1.26 bits per heavy atom. The molecule has 5 nitrogen and oxygen atoms in total. The summed E-state index contributed by atoms with van der Waals surface area (Å²) in [6.45, 7) is 2.89. The van der Waals surface area contributed by atoms with E-state index in [1.54, 1.807) is 18.2 Å². The summed E-state index contributed by atoms with van der Waals surface area (Å²) in [6.07, 6.45) is 2.30. The molecule has 0 bridgehead atoms. The van der Waals surface area contributed by atoms with Gasteiger partial charge in [0.1, 0.15) is 18.2 Å². The molecule has 1 fully saturated rings. The molecule has 0 aliphatic carbocycles. The highest BCUT2D eigenvalue weighted by Gasteiger charge is 2.41. The van der Waals surface area contributed by atoms with Crippen LogP contribution in [0.3, 0.4) is 0 Å². The second-order valence-corrected chi connectivity index (χ2v) is 8.22. The maximum Gasteiger partial charge on any atom is 0.245 e. The van der Waals surface area contributed by atoms with Crippen molar-refractivity contribution in [2.24, 2.45) is 5.92 Å². The van der Waals surface area contributed by atoms with Crippen LogP contribution in [-0.2, 0) is 10.4 Å². The van der Waals surface area contributed by atoms with Crippen molar-refractivity contribution in [2.45, 2.75) is 38.2 Å². The van der Waals surface area contributed by atoms with E-state index in [1.807, 2.05) is 6.92 Å². The summed E-state index contributed by atoms with van der Waals surface area (Å²) < 4.78 is 29.9. The number of carbonyl (C=O) groups is 1. The predicted molar refractivity (Wildman–Crippen MR) is 115 cm³/mol. The number of aliphatic hydroxyl groups is 2. The van der Waals surface area contributed by atoms with Gasteiger partial charge in [-0.15, -0.1) is 0 Å². The first-order chi connectivity index (χ1) is 14.9. The molecule has 0 radical (unpaired) electrons. The fourth-order valence-corrected chi connectivity index (χ4v) is 4.45. The van der Waals surface area contributed by atoms with Crippen LogP contribution in [0.25, 0.3) is 11.1 Å². The fourth-order valence-electron chi connectivity index (χ4n) is 4.45. The molecule has 168 valence electrons. The standard InChI is InChI=1S/C24H30F2N2O3/c1-16-8-9-20(25)18(13-16)23-19(6-2-7-21(23)26)24(31,17-5-3-11-27-14-17)10-4-12-28-22(30)15-29/h2,6-9,13,17,27,29,31H,3-5,10-12,14-15H2,1H3,(H,28,30)/t17-,24+/m1/s1. The minimum Gasteiger partial charge on any atom is -0.387 e. The van der Waals surface area contributed by atoms with E-state index < -0.39 is 29.7 Å². The number of hydrogen-bond donors (Lipinski definition) is 4. The molecule has 2 aromatic carbocycles. The molecule has 3 rings (SSSR count). The number of rotatable bonds is 8. The molecule has 0 aromatic heterocycles. The molecule has 31 heavy (non-hydrogen) atoms. The Hall–Kier alpha value is -2.35. The van der Waals surface area contributed by atoms with Crippen LogP contribution in [0.4, 0.5) is 8.78 Å². The summed E-state index contributed by atoms with van der Waals surface area (Å²) in [6, 6.07) is 9.02. The summed E-state index contributed by atoms with van der Waals surface area (Å²) in [5.41, 5.74) is -0.0511. The Bertz CT molecular complexity index is 916. The second-order valence-electron chi connectivity index (χ2n) is 8.22.